The Labute approximate surface area is 177 Å². The molecule has 7 heteroatoms. The highest BCUT2D eigenvalue weighted by Gasteiger charge is 2.34. The lowest BCUT2D eigenvalue weighted by Gasteiger charge is -2.23. The average molecular weight is 420 g/mol. The lowest BCUT2D eigenvalue weighted by molar-refractivity contribution is 0.270. The van der Waals surface area contributed by atoms with Crippen molar-refractivity contribution < 1.29 is 28.5 Å². The number of hydrogen-bond donors (Lipinski definition) is 1. The van der Waals surface area contributed by atoms with Gasteiger partial charge in [0.15, 0.2) is 23.0 Å². The average Bonchev–Trinajstić information content (AvgIpc) is 3.17. The Morgan fingerprint density at radius 2 is 1.87 bits per heavy atom. The van der Waals surface area contributed by atoms with Crippen molar-refractivity contribution in [2.75, 3.05) is 14.2 Å². The van der Waals surface area contributed by atoms with Crippen LogP contribution in [-0.4, -0.2) is 25.4 Å². The summed E-state index contributed by atoms with van der Waals surface area (Å²) in [5.41, 5.74) is 2.11. The van der Waals surface area contributed by atoms with Crippen LogP contribution < -0.4 is 24.4 Å². The Balaban J connectivity index is 1.83. The molecule has 0 spiro atoms. The summed E-state index contributed by atoms with van der Waals surface area (Å²) in [6.07, 6.45) is 0.233. The highest BCUT2D eigenvalue weighted by Crippen LogP contribution is 2.48. The third kappa shape index (κ3) is 2.63. The summed E-state index contributed by atoms with van der Waals surface area (Å²) < 4.78 is 28.6. The van der Waals surface area contributed by atoms with Crippen molar-refractivity contribution in [1.29, 1.82) is 0 Å². The smallest absolute Gasteiger partial charge is 0.205 e. The summed E-state index contributed by atoms with van der Waals surface area (Å²) >= 11 is 0. The van der Waals surface area contributed by atoms with Gasteiger partial charge in [0.25, 0.3) is 0 Å². The van der Waals surface area contributed by atoms with Crippen molar-refractivity contribution in [1.82, 2.24) is 0 Å². The third-order valence-corrected chi connectivity index (χ3v) is 5.66. The summed E-state index contributed by atoms with van der Waals surface area (Å²) in [4.78, 5) is 13.6. The number of fused-ring (bicyclic) bond motifs is 6. The van der Waals surface area contributed by atoms with Crippen LogP contribution >= 0.6 is 0 Å². The summed E-state index contributed by atoms with van der Waals surface area (Å²) in [6.45, 7) is 9.73. The number of methoxy groups -OCH3 is 2. The molecule has 0 aliphatic carbocycles. The molecular formula is C24H20O7. The zero-order chi connectivity index (χ0) is 22.0. The van der Waals surface area contributed by atoms with Gasteiger partial charge in [-0.25, -0.2) is 0 Å². The minimum atomic E-state index is -0.395. The van der Waals surface area contributed by atoms with E-state index in [9.17, 15) is 9.90 Å². The van der Waals surface area contributed by atoms with E-state index in [1.54, 1.807) is 12.1 Å². The van der Waals surface area contributed by atoms with Crippen LogP contribution in [0.1, 0.15) is 18.2 Å². The monoisotopic (exact) mass is 420 g/mol. The Hall–Kier alpha value is -3.87. The molecule has 0 bridgehead atoms. The van der Waals surface area contributed by atoms with Crippen LogP contribution in [0.3, 0.4) is 0 Å². The number of benzene rings is 2. The topological polar surface area (TPSA) is 87.4 Å². The van der Waals surface area contributed by atoms with Gasteiger partial charge in [0.2, 0.25) is 5.43 Å². The summed E-state index contributed by atoms with van der Waals surface area (Å²) in [6, 6.07) is 4.72. The second kappa shape index (κ2) is 6.57. The zero-order valence-corrected chi connectivity index (χ0v) is 17.3. The fourth-order valence-corrected chi connectivity index (χ4v) is 4.09. The van der Waals surface area contributed by atoms with Gasteiger partial charge in [-0.1, -0.05) is 13.2 Å². The molecule has 0 radical (unpaired) electrons. The number of hydrogen-bond acceptors (Lipinski definition) is 7. The predicted octanol–water partition coefficient (Wildman–Crippen LogP) is 4.43. The minimum Gasteiger partial charge on any atom is -0.507 e. The Bertz CT molecular complexity index is 1360. The van der Waals surface area contributed by atoms with Crippen LogP contribution in [0, 0.1) is 0 Å². The van der Waals surface area contributed by atoms with Crippen molar-refractivity contribution in [3.05, 3.63) is 58.5 Å². The van der Waals surface area contributed by atoms with E-state index in [-0.39, 0.29) is 39.9 Å². The molecule has 0 fully saturated rings. The highest BCUT2D eigenvalue weighted by atomic mass is 16.5. The molecule has 0 amide bonds. The van der Waals surface area contributed by atoms with E-state index in [0.717, 1.165) is 5.57 Å². The lowest BCUT2D eigenvalue weighted by atomic mass is 9.96. The largest absolute Gasteiger partial charge is 0.507 e. The van der Waals surface area contributed by atoms with Gasteiger partial charge in [0, 0.05) is 29.7 Å². The number of ether oxygens (including phenoxy) is 4. The van der Waals surface area contributed by atoms with E-state index in [1.807, 2.05) is 6.92 Å². The number of rotatable bonds is 3. The van der Waals surface area contributed by atoms with Crippen molar-refractivity contribution in [2.24, 2.45) is 0 Å². The Kier molecular flexibility index (Phi) is 4.05. The summed E-state index contributed by atoms with van der Waals surface area (Å²) in [5, 5.41) is 10.8. The summed E-state index contributed by atoms with van der Waals surface area (Å²) in [7, 11) is 3.01. The maximum atomic E-state index is 13.6. The van der Waals surface area contributed by atoms with Crippen molar-refractivity contribution in [3.63, 3.8) is 0 Å². The standard InChI is InChI=1S/C24H20O7/c1-10(2)15-7-13-16(30-15)8-14(25)21-22(26)20-12-6-18(27-4)19(28-5)9-17(12)29-11(3)23(20)31-24(13)21/h6,8-9,15,25H,1,3,7H2,2,4-5H3/t15-/m1/s1. The normalized spacial score (nSPS) is 16.1. The fraction of sp³-hybridized carbons (Fsp3) is 0.208. The van der Waals surface area contributed by atoms with Gasteiger partial charge < -0.3 is 28.5 Å². The first-order valence-electron chi connectivity index (χ1n) is 9.65. The predicted molar refractivity (Wildman–Crippen MR) is 115 cm³/mol. The number of phenols is 1. The first kappa shape index (κ1) is 19.1. The van der Waals surface area contributed by atoms with Crippen LogP contribution in [0.2, 0.25) is 0 Å². The van der Waals surface area contributed by atoms with Crippen LogP contribution in [0.4, 0.5) is 0 Å². The third-order valence-electron chi connectivity index (χ3n) is 5.66. The molecule has 31 heavy (non-hydrogen) atoms. The van der Waals surface area contributed by atoms with E-state index in [0.29, 0.717) is 40.5 Å². The van der Waals surface area contributed by atoms with E-state index in [4.69, 9.17) is 23.4 Å². The van der Waals surface area contributed by atoms with Gasteiger partial charge in [0.05, 0.1) is 19.8 Å². The number of phenolic OH excluding ortho intramolecular Hbond substituents is 1. The Morgan fingerprint density at radius 1 is 1.16 bits per heavy atom. The van der Waals surface area contributed by atoms with E-state index in [1.165, 1.54) is 20.3 Å². The molecule has 5 rings (SSSR count). The molecule has 2 aliphatic heterocycles. The number of aromatic hydroxyl groups is 1. The molecule has 3 heterocycles. The molecule has 2 aromatic carbocycles. The van der Waals surface area contributed by atoms with Gasteiger partial charge >= 0.3 is 0 Å². The van der Waals surface area contributed by atoms with Gasteiger partial charge in [-0.2, -0.15) is 0 Å². The second-order valence-electron chi connectivity index (χ2n) is 7.60. The molecular weight excluding hydrogens is 400 g/mol. The van der Waals surface area contributed by atoms with Crippen LogP contribution in [0.15, 0.2) is 46.1 Å². The SMILES string of the molecule is C=C1Oc2cc(OC)c(OC)cc2-c2c1oc1c3c(cc(O)c1c2=O)O[C@@H](C(=C)C)C3. The molecule has 158 valence electrons. The van der Waals surface area contributed by atoms with Gasteiger partial charge in [-0.05, 0) is 18.6 Å². The van der Waals surface area contributed by atoms with E-state index < -0.39 is 5.43 Å². The molecule has 7 nitrogen and oxygen atoms in total. The fourth-order valence-electron chi connectivity index (χ4n) is 4.09. The maximum Gasteiger partial charge on any atom is 0.205 e. The molecule has 1 N–H and O–H groups in total. The summed E-state index contributed by atoms with van der Waals surface area (Å²) in [5.74, 6) is 1.89. The van der Waals surface area contributed by atoms with Crippen molar-refractivity contribution >= 4 is 16.7 Å². The highest BCUT2D eigenvalue weighted by molar-refractivity contribution is 5.96. The molecule has 0 unspecified atom stereocenters. The molecule has 0 saturated carbocycles. The van der Waals surface area contributed by atoms with Crippen molar-refractivity contribution in [3.8, 4) is 39.9 Å². The second-order valence-corrected chi connectivity index (χ2v) is 7.60. The van der Waals surface area contributed by atoms with Crippen LogP contribution in [-0.2, 0) is 6.42 Å². The molecule has 2 aliphatic rings. The molecule has 3 aromatic rings. The first-order valence-corrected chi connectivity index (χ1v) is 9.65. The van der Waals surface area contributed by atoms with Crippen LogP contribution in [0.5, 0.6) is 28.7 Å². The van der Waals surface area contributed by atoms with Gasteiger partial charge in [0.1, 0.15) is 34.3 Å². The zero-order valence-electron chi connectivity index (χ0n) is 17.3. The van der Waals surface area contributed by atoms with Crippen LogP contribution in [0.25, 0.3) is 27.9 Å². The first-order chi connectivity index (χ1) is 14.8. The quantitative estimate of drug-likeness (QED) is 0.628. The molecule has 1 atom stereocenters. The molecule has 1 aromatic heterocycles. The maximum absolute atomic E-state index is 13.6. The van der Waals surface area contributed by atoms with Crippen molar-refractivity contribution in [2.45, 2.75) is 19.4 Å². The Morgan fingerprint density at radius 3 is 2.55 bits per heavy atom. The molecule has 0 saturated heterocycles. The van der Waals surface area contributed by atoms with E-state index in [2.05, 4.69) is 13.2 Å². The minimum absolute atomic E-state index is 0.0823. The van der Waals surface area contributed by atoms with Gasteiger partial charge in [-0.15, -0.1) is 0 Å². The van der Waals surface area contributed by atoms with E-state index >= 15 is 0 Å². The lowest BCUT2D eigenvalue weighted by Crippen LogP contribution is -2.15. The van der Waals surface area contributed by atoms with Gasteiger partial charge in [-0.3, -0.25) is 4.79 Å².